The summed E-state index contributed by atoms with van der Waals surface area (Å²) in [5.74, 6) is -0.0476. The Bertz CT molecular complexity index is 554. The lowest BCUT2D eigenvalue weighted by Gasteiger charge is -2.20. The first-order valence-corrected chi connectivity index (χ1v) is 6.29. The maximum absolute atomic E-state index is 12.3. The normalized spacial score (nSPS) is 11.9. The number of anilines is 1. The third kappa shape index (κ3) is 3.06. The fourth-order valence-corrected chi connectivity index (χ4v) is 2.03. The zero-order valence-corrected chi connectivity index (χ0v) is 11.2. The minimum absolute atomic E-state index is 0.162. The number of phenols is 1. The molecule has 4 heteroatoms. The van der Waals surface area contributed by atoms with E-state index in [4.69, 9.17) is 11.6 Å². The Labute approximate surface area is 117 Å². The van der Waals surface area contributed by atoms with Crippen LogP contribution in [0.4, 0.5) is 5.69 Å². The van der Waals surface area contributed by atoms with E-state index in [-0.39, 0.29) is 11.7 Å². The molecule has 0 spiro atoms. The van der Waals surface area contributed by atoms with E-state index >= 15 is 0 Å². The molecule has 0 bridgehead atoms. The number of carbonyl (C=O) groups is 1. The number of likely N-dealkylation sites (N-methyl/N-ethyl adjacent to an activating group) is 1. The van der Waals surface area contributed by atoms with Crippen LogP contribution < -0.4 is 4.90 Å². The van der Waals surface area contributed by atoms with E-state index in [1.807, 2.05) is 30.3 Å². The lowest BCUT2D eigenvalue weighted by Crippen LogP contribution is -2.29. The maximum Gasteiger partial charge on any atom is 0.249 e. The van der Waals surface area contributed by atoms with Crippen molar-refractivity contribution >= 4 is 23.2 Å². The van der Waals surface area contributed by atoms with E-state index in [1.54, 1.807) is 19.2 Å². The average molecular weight is 276 g/mol. The third-order valence-electron chi connectivity index (χ3n) is 2.88. The highest BCUT2D eigenvalue weighted by Gasteiger charge is 2.22. The number of carbonyl (C=O) groups excluding carboxylic acids is 1. The molecule has 0 aromatic heterocycles. The standard InChI is InChI=1S/C15H14ClNO2/c1-17(12-7-9-13(18)10-8-12)15(19)14(16)11-5-3-2-4-6-11/h2-10,14,18H,1H3. The van der Waals surface area contributed by atoms with Gasteiger partial charge in [0.15, 0.2) is 0 Å². The molecule has 2 aromatic rings. The minimum atomic E-state index is -0.722. The number of halogens is 1. The first kappa shape index (κ1) is 13.4. The van der Waals surface area contributed by atoms with Crippen molar-refractivity contribution in [2.75, 3.05) is 11.9 Å². The monoisotopic (exact) mass is 275 g/mol. The summed E-state index contributed by atoms with van der Waals surface area (Å²) in [6, 6.07) is 15.6. The summed E-state index contributed by atoms with van der Waals surface area (Å²) >= 11 is 6.19. The van der Waals surface area contributed by atoms with Crippen LogP contribution in [0.2, 0.25) is 0 Å². The van der Waals surface area contributed by atoms with E-state index in [0.717, 1.165) is 5.56 Å². The molecule has 1 N–H and O–H groups in total. The molecule has 0 fully saturated rings. The van der Waals surface area contributed by atoms with Gasteiger partial charge in [-0.25, -0.2) is 0 Å². The molecule has 2 aromatic carbocycles. The van der Waals surface area contributed by atoms with Gasteiger partial charge in [-0.1, -0.05) is 30.3 Å². The number of benzene rings is 2. The Morgan fingerprint density at radius 3 is 2.26 bits per heavy atom. The molecular weight excluding hydrogens is 262 g/mol. The van der Waals surface area contributed by atoms with Gasteiger partial charge in [-0.3, -0.25) is 4.79 Å². The van der Waals surface area contributed by atoms with Crippen LogP contribution in [0, 0.1) is 0 Å². The molecule has 2 rings (SSSR count). The van der Waals surface area contributed by atoms with Gasteiger partial charge >= 0.3 is 0 Å². The fourth-order valence-electron chi connectivity index (χ4n) is 1.74. The predicted molar refractivity (Wildman–Crippen MR) is 76.6 cm³/mol. The van der Waals surface area contributed by atoms with Gasteiger partial charge in [0.2, 0.25) is 5.91 Å². The number of phenolic OH excluding ortho intramolecular Hbond substituents is 1. The van der Waals surface area contributed by atoms with Crippen LogP contribution in [0.15, 0.2) is 54.6 Å². The molecule has 3 nitrogen and oxygen atoms in total. The second-order valence-corrected chi connectivity index (χ2v) is 4.62. The molecule has 98 valence electrons. The summed E-state index contributed by atoms with van der Waals surface area (Å²) in [4.78, 5) is 13.7. The molecule has 0 aliphatic heterocycles. The summed E-state index contributed by atoms with van der Waals surface area (Å²) in [6.07, 6.45) is 0. The van der Waals surface area contributed by atoms with Crippen LogP contribution in [0.1, 0.15) is 10.9 Å². The highest BCUT2D eigenvalue weighted by molar-refractivity contribution is 6.32. The predicted octanol–water partition coefficient (Wildman–Crippen LogP) is 3.34. The van der Waals surface area contributed by atoms with Crippen molar-refractivity contribution in [1.29, 1.82) is 0 Å². The molecule has 1 atom stereocenters. The molecule has 0 aliphatic carbocycles. The van der Waals surface area contributed by atoms with Crippen molar-refractivity contribution < 1.29 is 9.90 Å². The first-order chi connectivity index (χ1) is 9.09. The van der Waals surface area contributed by atoms with Gasteiger partial charge in [-0.15, -0.1) is 11.6 Å². The van der Waals surface area contributed by atoms with Crippen molar-refractivity contribution in [3.05, 3.63) is 60.2 Å². The van der Waals surface area contributed by atoms with E-state index in [0.29, 0.717) is 5.69 Å². The summed E-state index contributed by atoms with van der Waals surface area (Å²) in [6.45, 7) is 0. The Kier molecular flexibility index (Phi) is 4.07. The van der Waals surface area contributed by atoms with Crippen LogP contribution in [0.5, 0.6) is 5.75 Å². The van der Waals surface area contributed by atoms with E-state index in [9.17, 15) is 9.90 Å². The largest absolute Gasteiger partial charge is 0.508 e. The van der Waals surface area contributed by atoms with E-state index < -0.39 is 5.38 Å². The summed E-state index contributed by atoms with van der Waals surface area (Å²) in [5.41, 5.74) is 1.45. The summed E-state index contributed by atoms with van der Waals surface area (Å²) in [7, 11) is 1.66. The van der Waals surface area contributed by atoms with Gasteiger partial charge in [-0.2, -0.15) is 0 Å². The molecule has 0 radical (unpaired) electrons. The van der Waals surface area contributed by atoms with Crippen molar-refractivity contribution in [2.45, 2.75) is 5.38 Å². The lowest BCUT2D eigenvalue weighted by atomic mass is 10.1. The van der Waals surface area contributed by atoms with Gasteiger partial charge in [0.25, 0.3) is 0 Å². The number of alkyl halides is 1. The maximum atomic E-state index is 12.3. The molecule has 19 heavy (non-hydrogen) atoms. The second kappa shape index (κ2) is 5.76. The topological polar surface area (TPSA) is 40.5 Å². The molecular formula is C15H14ClNO2. The van der Waals surface area contributed by atoms with Gasteiger partial charge < -0.3 is 10.0 Å². The van der Waals surface area contributed by atoms with Crippen LogP contribution in [0.25, 0.3) is 0 Å². The molecule has 1 unspecified atom stereocenters. The number of hydrogen-bond donors (Lipinski definition) is 1. The molecule has 0 saturated heterocycles. The van der Waals surface area contributed by atoms with Crippen molar-refractivity contribution in [2.24, 2.45) is 0 Å². The van der Waals surface area contributed by atoms with E-state index in [2.05, 4.69) is 0 Å². The number of amides is 1. The van der Waals surface area contributed by atoms with Gasteiger partial charge in [-0.05, 0) is 29.8 Å². The molecule has 0 aliphatic rings. The summed E-state index contributed by atoms with van der Waals surface area (Å²) in [5, 5.41) is 8.51. The Hall–Kier alpha value is -2.00. The Morgan fingerprint density at radius 2 is 1.68 bits per heavy atom. The number of hydrogen-bond acceptors (Lipinski definition) is 2. The van der Waals surface area contributed by atoms with Gasteiger partial charge in [0.1, 0.15) is 11.1 Å². The van der Waals surface area contributed by atoms with Gasteiger partial charge in [0, 0.05) is 12.7 Å². The number of nitrogens with zero attached hydrogens (tertiary/aromatic N) is 1. The van der Waals surface area contributed by atoms with E-state index in [1.165, 1.54) is 17.0 Å². The zero-order valence-electron chi connectivity index (χ0n) is 10.5. The fraction of sp³-hybridized carbons (Fsp3) is 0.133. The SMILES string of the molecule is CN(C(=O)C(Cl)c1ccccc1)c1ccc(O)cc1. The second-order valence-electron chi connectivity index (χ2n) is 4.19. The lowest BCUT2D eigenvalue weighted by molar-refractivity contribution is -0.118. The van der Waals surface area contributed by atoms with Gasteiger partial charge in [0.05, 0.1) is 0 Å². The summed E-state index contributed by atoms with van der Waals surface area (Å²) < 4.78 is 0. The molecule has 1 amide bonds. The van der Waals surface area contributed by atoms with Crippen molar-refractivity contribution in [3.63, 3.8) is 0 Å². The third-order valence-corrected chi connectivity index (χ3v) is 3.32. The van der Waals surface area contributed by atoms with Crippen LogP contribution in [-0.4, -0.2) is 18.1 Å². The first-order valence-electron chi connectivity index (χ1n) is 5.85. The zero-order chi connectivity index (χ0) is 13.8. The number of aromatic hydroxyl groups is 1. The quantitative estimate of drug-likeness (QED) is 0.873. The van der Waals surface area contributed by atoms with Crippen LogP contribution in [-0.2, 0) is 4.79 Å². The highest BCUT2D eigenvalue weighted by Crippen LogP contribution is 2.25. The van der Waals surface area contributed by atoms with Crippen LogP contribution in [0.3, 0.4) is 0 Å². The smallest absolute Gasteiger partial charge is 0.249 e. The molecule has 0 saturated carbocycles. The minimum Gasteiger partial charge on any atom is -0.508 e. The molecule has 0 heterocycles. The number of rotatable bonds is 3. The van der Waals surface area contributed by atoms with Crippen molar-refractivity contribution in [1.82, 2.24) is 0 Å². The Balaban J connectivity index is 2.17. The van der Waals surface area contributed by atoms with Crippen molar-refractivity contribution in [3.8, 4) is 5.75 Å². The van der Waals surface area contributed by atoms with Crippen LogP contribution >= 0.6 is 11.6 Å². The Morgan fingerprint density at radius 1 is 1.11 bits per heavy atom. The average Bonchev–Trinajstić information content (AvgIpc) is 2.46. The highest BCUT2D eigenvalue weighted by atomic mass is 35.5.